The lowest BCUT2D eigenvalue weighted by atomic mass is 9.92. The summed E-state index contributed by atoms with van der Waals surface area (Å²) in [6.45, 7) is 0.240. The number of hydrogen-bond acceptors (Lipinski definition) is 6. The van der Waals surface area contributed by atoms with Crippen molar-refractivity contribution < 1.29 is 14.3 Å². The maximum atomic E-state index is 9.60. The van der Waals surface area contributed by atoms with E-state index in [0.29, 0.717) is 17.5 Å². The molecule has 0 aliphatic carbocycles. The maximum absolute atomic E-state index is 9.60. The lowest BCUT2D eigenvalue weighted by molar-refractivity contribution is 0.240. The van der Waals surface area contributed by atoms with Crippen molar-refractivity contribution in [1.29, 1.82) is 5.26 Å². The Bertz CT molecular complexity index is 1300. The van der Waals surface area contributed by atoms with Gasteiger partial charge in [-0.05, 0) is 47.9 Å². The Morgan fingerprint density at radius 1 is 1.32 bits per heavy atom. The fourth-order valence-corrected chi connectivity index (χ4v) is 4.47. The molecule has 1 aliphatic rings. The number of aliphatic hydroxyl groups excluding tert-OH is 1. The second-order valence-electron chi connectivity index (χ2n) is 7.36. The van der Waals surface area contributed by atoms with Gasteiger partial charge in [0.2, 0.25) is 17.5 Å². The van der Waals surface area contributed by atoms with Crippen molar-refractivity contribution in [3.05, 3.63) is 75.9 Å². The lowest BCUT2D eigenvalue weighted by Gasteiger charge is -2.36. The molecule has 1 atom stereocenters. The average molecular weight is 435 g/mol. The van der Waals surface area contributed by atoms with Crippen LogP contribution < -0.4 is 9.64 Å². The molecule has 2 aromatic heterocycles. The number of nitrogens with one attached hydrogen (secondary N) is 1. The summed E-state index contributed by atoms with van der Waals surface area (Å²) in [6, 6.07) is 15.5. The van der Waals surface area contributed by atoms with E-state index in [-0.39, 0.29) is 24.2 Å². The summed E-state index contributed by atoms with van der Waals surface area (Å²) in [5.74, 6) is 1.23. The van der Waals surface area contributed by atoms with Crippen LogP contribution in [-0.4, -0.2) is 28.7 Å². The van der Waals surface area contributed by atoms with Crippen molar-refractivity contribution in [2.45, 2.75) is 19.1 Å². The van der Waals surface area contributed by atoms with Gasteiger partial charge in [-0.1, -0.05) is 23.7 Å². The first-order valence-corrected chi connectivity index (χ1v) is 10.2. The molecule has 2 aromatic carbocycles. The Kier molecular flexibility index (Phi) is 4.81. The highest BCUT2D eigenvalue weighted by atomic mass is 35.5. The highest BCUT2D eigenvalue weighted by Crippen LogP contribution is 2.42. The first-order valence-electron chi connectivity index (χ1n) is 9.84. The molecule has 4 aromatic rings. The average Bonchev–Trinajstić information content (AvgIpc) is 3.39. The number of H-pyrrole nitrogens is 1. The van der Waals surface area contributed by atoms with Gasteiger partial charge in [-0.15, -0.1) is 0 Å². The second kappa shape index (κ2) is 7.65. The van der Waals surface area contributed by atoms with E-state index < -0.39 is 0 Å². The minimum absolute atomic E-state index is 0.120. The summed E-state index contributed by atoms with van der Waals surface area (Å²) in [4.78, 5) is 9.69. The Labute approximate surface area is 183 Å². The second-order valence-corrected chi connectivity index (χ2v) is 7.79. The highest BCUT2D eigenvalue weighted by Gasteiger charge is 2.35. The van der Waals surface area contributed by atoms with E-state index in [1.54, 1.807) is 7.11 Å². The fraction of sp³-hybridized carbons (Fsp3) is 0.217. The third kappa shape index (κ3) is 3.21. The third-order valence-electron chi connectivity index (χ3n) is 5.68. The van der Waals surface area contributed by atoms with Crippen LogP contribution in [0.3, 0.4) is 0 Å². The standard InChI is InChI=1S/C23H19ClN4O3/c1-30-15-5-2-13(3-6-15)22-21-16(17-10-14(24)4-7-18(17)27-21)8-9-28(22)23-19(11-25)26-20(12-29)31-23/h2-7,10,22,27,29H,8-9,12H2,1H3. The molecule has 8 heteroatoms. The SMILES string of the molecule is COc1ccc(C2c3[nH]c4ccc(Cl)cc4c3CCN2c2oc(CO)nc2C#N)cc1. The van der Waals surface area contributed by atoms with Crippen LogP contribution in [0.25, 0.3) is 10.9 Å². The van der Waals surface area contributed by atoms with Crippen LogP contribution in [0.1, 0.15) is 34.4 Å². The van der Waals surface area contributed by atoms with E-state index in [1.807, 2.05) is 47.4 Å². The van der Waals surface area contributed by atoms with Crippen LogP contribution in [0.5, 0.6) is 5.75 Å². The summed E-state index contributed by atoms with van der Waals surface area (Å²) >= 11 is 6.27. The number of nitriles is 1. The molecule has 0 saturated carbocycles. The molecule has 31 heavy (non-hydrogen) atoms. The number of ether oxygens (including phenoxy) is 1. The van der Waals surface area contributed by atoms with Gasteiger partial charge in [-0.25, -0.2) is 0 Å². The molecule has 2 N–H and O–H groups in total. The highest BCUT2D eigenvalue weighted by molar-refractivity contribution is 6.31. The van der Waals surface area contributed by atoms with Crippen LogP contribution in [0, 0.1) is 11.3 Å². The van der Waals surface area contributed by atoms with Gasteiger partial charge in [0.1, 0.15) is 18.4 Å². The zero-order chi connectivity index (χ0) is 21.5. The van der Waals surface area contributed by atoms with Crippen molar-refractivity contribution >= 4 is 28.4 Å². The lowest BCUT2D eigenvalue weighted by Crippen LogP contribution is -2.36. The Morgan fingerprint density at radius 2 is 2.13 bits per heavy atom. The van der Waals surface area contributed by atoms with Gasteiger partial charge in [0, 0.05) is 28.2 Å². The molecular weight excluding hydrogens is 416 g/mol. The van der Waals surface area contributed by atoms with Crippen LogP contribution in [0.4, 0.5) is 5.88 Å². The molecule has 0 fully saturated rings. The first-order chi connectivity index (χ1) is 15.1. The van der Waals surface area contributed by atoms with E-state index in [2.05, 4.69) is 16.0 Å². The molecule has 0 spiro atoms. The first kappa shape index (κ1) is 19.5. The number of oxazole rings is 1. The van der Waals surface area contributed by atoms with Crippen molar-refractivity contribution in [1.82, 2.24) is 9.97 Å². The Morgan fingerprint density at radius 3 is 2.84 bits per heavy atom. The summed E-state index contributed by atoms with van der Waals surface area (Å²) < 4.78 is 11.1. The molecule has 7 nitrogen and oxygen atoms in total. The molecular formula is C23H19ClN4O3. The van der Waals surface area contributed by atoms with Crippen LogP contribution in [-0.2, 0) is 13.0 Å². The smallest absolute Gasteiger partial charge is 0.235 e. The zero-order valence-electron chi connectivity index (χ0n) is 16.7. The van der Waals surface area contributed by atoms with Gasteiger partial charge in [-0.3, -0.25) is 0 Å². The van der Waals surface area contributed by atoms with Crippen LogP contribution in [0.15, 0.2) is 46.9 Å². The van der Waals surface area contributed by atoms with Crippen LogP contribution >= 0.6 is 11.6 Å². The third-order valence-corrected chi connectivity index (χ3v) is 5.91. The Hall–Kier alpha value is -3.47. The molecule has 0 radical (unpaired) electrons. The van der Waals surface area contributed by atoms with Gasteiger partial charge >= 0.3 is 0 Å². The number of fused-ring (bicyclic) bond motifs is 3. The van der Waals surface area contributed by atoms with Crippen molar-refractivity contribution in [3.63, 3.8) is 0 Å². The molecule has 0 bridgehead atoms. The number of nitrogens with zero attached hydrogens (tertiary/aromatic N) is 3. The van der Waals surface area contributed by atoms with E-state index in [9.17, 15) is 10.4 Å². The number of rotatable bonds is 4. The van der Waals surface area contributed by atoms with Crippen molar-refractivity contribution in [3.8, 4) is 11.8 Å². The number of hydrogen-bond donors (Lipinski definition) is 2. The molecule has 1 unspecified atom stereocenters. The predicted octanol–water partition coefficient (Wildman–Crippen LogP) is 4.33. The quantitative estimate of drug-likeness (QED) is 0.496. The zero-order valence-corrected chi connectivity index (χ0v) is 17.5. The minimum atomic E-state index is -0.369. The molecule has 1 aliphatic heterocycles. The van der Waals surface area contributed by atoms with Crippen LogP contribution in [0.2, 0.25) is 5.02 Å². The predicted molar refractivity (Wildman–Crippen MR) is 116 cm³/mol. The summed E-state index contributed by atoms with van der Waals surface area (Å²) in [5, 5.41) is 20.9. The molecule has 5 rings (SSSR count). The molecule has 0 saturated heterocycles. The Balaban J connectivity index is 1.71. The topological polar surface area (TPSA) is 98.3 Å². The number of aromatic amines is 1. The van der Waals surface area contributed by atoms with E-state index in [4.69, 9.17) is 20.8 Å². The van der Waals surface area contributed by atoms with Gasteiger partial charge in [0.05, 0.1) is 13.2 Å². The van der Waals surface area contributed by atoms with E-state index in [1.165, 1.54) is 5.56 Å². The minimum Gasteiger partial charge on any atom is -0.497 e. The van der Waals surface area contributed by atoms with Gasteiger partial charge in [-0.2, -0.15) is 10.2 Å². The number of methoxy groups -OCH3 is 1. The maximum Gasteiger partial charge on any atom is 0.235 e. The molecule has 156 valence electrons. The van der Waals surface area contributed by atoms with E-state index in [0.717, 1.165) is 34.3 Å². The van der Waals surface area contributed by atoms with Crippen molar-refractivity contribution in [2.75, 3.05) is 18.6 Å². The van der Waals surface area contributed by atoms with Gasteiger partial charge in [0.15, 0.2) is 0 Å². The number of aliphatic hydroxyl groups is 1. The van der Waals surface area contributed by atoms with Crippen molar-refractivity contribution in [2.24, 2.45) is 0 Å². The number of benzene rings is 2. The van der Waals surface area contributed by atoms with E-state index >= 15 is 0 Å². The number of halogens is 1. The summed E-state index contributed by atoms with van der Waals surface area (Å²) in [6.07, 6.45) is 0.738. The van der Waals surface area contributed by atoms with Gasteiger partial charge in [0.25, 0.3) is 0 Å². The summed E-state index contributed by atoms with van der Waals surface area (Å²) in [7, 11) is 1.63. The monoisotopic (exact) mass is 434 g/mol. The molecule has 3 heterocycles. The number of aromatic nitrogens is 2. The van der Waals surface area contributed by atoms with Gasteiger partial charge < -0.3 is 24.1 Å². The largest absolute Gasteiger partial charge is 0.497 e. The summed E-state index contributed by atoms with van der Waals surface area (Å²) in [5.41, 5.74) is 4.37. The molecule has 0 amide bonds. The number of anilines is 1. The fourth-order valence-electron chi connectivity index (χ4n) is 4.30. The normalized spacial score (nSPS) is 15.7.